The number of nitrogens with zero attached hydrogens (tertiary/aromatic N) is 8. The fourth-order valence-electron chi connectivity index (χ4n) is 5.83. The molecule has 1 aromatic carbocycles. The van der Waals surface area contributed by atoms with Gasteiger partial charge >= 0.3 is 0 Å². The van der Waals surface area contributed by atoms with Gasteiger partial charge in [-0.2, -0.15) is 9.07 Å². The maximum Gasteiger partial charge on any atom is 0.254 e. The molecule has 1 aliphatic carbocycles. The van der Waals surface area contributed by atoms with Gasteiger partial charge in [0.05, 0.1) is 34.6 Å². The summed E-state index contributed by atoms with van der Waals surface area (Å²) < 4.78 is 55.7. The zero-order valence-corrected chi connectivity index (χ0v) is 28.0. The first-order chi connectivity index (χ1) is 22.2. The van der Waals surface area contributed by atoms with Crippen LogP contribution in [0.1, 0.15) is 63.4 Å². The molecule has 2 aliphatic rings. The van der Waals surface area contributed by atoms with E-state index in [0.29, 0.717) is 12.2 Å². The summed E-state index contributed by atoms with van der Waals surface area (Å²) in [7, 11) is -2.21. The van der Waals surface area contributed by atoms with E-state index >= 15 is 13.2 Å². The molecule has 1 spiro atoms. The third-order valence-electron chi connectivity index (χ3n) is 9.69. The average Bonchev–Trinajstić information content (AvgIpc) is 3.29. The summed E-state index contributed by atoms with van der Waals surface area (Å²) in [6.45, 7) is 10.3. The molecular weight excluding hydrogens is 651 g/mol. The summed E-state index contributed by atoms with van der Waals surface area (Å²) in [5, 5.41) is 10.9. The Balaban J connectivity index is 1.26. The first kappa shape index (κ1) is 31.4. The maximum absolute atomic E-state index is 15.8. The fraction of sp³-hybridized carbons (Fsp3) is 0.387. The number of hydrogen-bond donors (Lipinski definition) is 1. The number of aromatic nitrogens is 9. The molecule has 1 saturated carbocycles. The molecule has 1 atom stereocenters. The third-order valence-corrected chi connectivity index (χ3v) is 14.5. The topological polar surface area (TPSA) is 129 Å². The van der Waals surface area contributed by atoms with Crippen LogP contribution in [0.3, 0.4) is 0 Å². The van der Waals surface area contributed by atoms with Crippen molar-refractivity contribution >= 4 is 19.9 Å². The highest BCUT2D eigenvalue weighted by Crippen LogP contribution is 2.58. The van der Waals surface area contributed by atoms with Gasteiger partial charge in [0.15, 0.2) is 20.0 Å². The molecule has 0 saturated heterocycles. The van der Waals surface area contributed by atoms with E-state index in [0.717, 1.165) is 12.8 Å². The van der Waals surface area contributed by atoms with E-state index in [2.05, 4.69) is 64.3 Å². The molecule has 16 heteroatoms. The number of fused-ring (bicyclic) bond motifs is 2. The maximum atomic E-state index is 15.8. The molecule has 1 N–H and O–H groups in total. The van der Waals surface area contributed by atoms with Gasteiger partial charge in [0, 0.05) is 23.2 Å². The number of halogens is 4. The smallest absolute Gasteiger partial charge is 0.254 e. The lowest BCUT2D eigenvalue weighted by molar-refractivity contribution is 0.266. The minimum absolute atomic E-state index is 0.0302. The minimum Gasteiger partial charge on any atom is -0.411 e. The molecule has 11 nitrogen and oxygen atoms in total. The molecule has 0 bridgehead atoms. The summed E-state index contributed by atoms with van der Waals surface area (Å²) in [6.07, 6.45) is 4.56. The highest BCUT2D eigenvalue weighted by molar-refractivity contribution is 6.74. The van der Waals surface area contributed by atoms with Crippen LogP contribution in [0.5, 0.6) is 0 Å². The lowest BCUT2D eigenvalue weighted by atomic mass is 10.0. The summed E-state index contributed by atoms with van der Waals surface area (Å²) in [5.74, 6) is -1.76. The van der Waals surface area contributed by atoms with Gasteiger partial charge in [0.2, 0.25) is 5.95 Å². The molecule has 0 amide bonds. The Hall–Kier alpha value is -4.21. The Kier molecular flexibility index (Phi) is 7.29. The molecule has 5 aromatic rings. The normalized spacial score (nSPS) is 17.0. The van der Waals surface area contributed by atoms with E-state index < -0.39 is 42.9 Å². The SMILES string of the molecule is CC(C)(C)[Si](C)(C)OCc1nccc(-c2nc(C3CC4(CC4)c4nc(-c5c(-n6cnnn6)ccc(Cl)c5F)cc(=O)n43)[nH]c2F)c1F. The Morgan fingerprint density at radius 2 is 1.89 bits per heavy atom. The van der Waals surface area contributed by atoms with Crippen molar-refractivity contribution in [2.75, 3.05) is 0 Å². The van der Waals surface area contributed by atoms with Crippen molar-refractivity contribution in [1.29, 1.82) is 0 Å². The van der Waals surface area contributed by atoms with E-state index in [-0.39, 0.29) is 56.4 Å². The van der Waals surface area contributed by atoms with Crippen molar-refractivity contribution in [2.24, 2.45) is 0 Å². The van der Waals surface area contributed by atoms with Crippen molar-refractivity contribution in [3.8, 4) is 28.2 Å². The highest BCUT2D eigenvalue weighted by Gasteiger charge is 2.55. The number of tetrazole rings is 1. The molecule has 244 valence electrons. The monoisotopic (exact) mass is 681 g/mol. The van der Waals surface area contributed by atoms with Gasteiger partial charge in [0.25, 0.3) is 5.56 Å². The number of imidazole rings is 1. The van der Waals surface area contributed by atoms with Crippen LogP contribution in [-0.4, -0.2) is 53.0 Å². The van der Waals surface area contributed by atoms with Gasteiger partial charge in [-0.25, -0.2) is 18.7 Å². The van der Waals surface area contributed by atoms with Crippen LogP contribution in [-0.2, 0) is 16.4 Å². The van der Waals surface area contributed by atoms with E-state index in [1.165, 1.54) is 46.0 Å². The predicted molar refractivity (Wildman–Crippen MR) is 169 cm³/mol. The second-order valence-electron chi connectivity index (χ2n) is 13.6. The van der Waals surface area contributed by atoms with Gasteiger partial charge < -0.3 is 9.41 Å². The van der Waals surface area contributed by atoms with Crippen LogP contribution in [0.4, 0.5) is 13.2 Å². The number of benzene rings is 1. The van der Waals surface area contributed by atoms with E-state index in [1.807, 2.05) is 0 Å². The number of aromatic amines is 1. The molecular formula is C31H31ClF3N9O2Si. The van der Waals surface area contributed by atoms with Crippen LogP contribution in [0.25, 0.3) is 28.2 Å². The van der Waals surface area contributed by atoms with Crippen LogP contribution in [0, 0.1) is 17.6 Å². The fourth-order valence-corrected chi connectivity index (χ4v) is 6.92. The summed E-state index contributed by atoms with van der Waals surface area (Å²) >= 11 is 6.14. The number of hydrogen-bond acceptors (Lipinski definition) is 8. The van der Waals surface area contributed by atoms with Gasteiger partial charge in [-0.3, -0.25) is 14.3 Å². The van der Waals surface area contributed by atoms with E-state index in [1.54, 1.807) is 0 Å². The predicted octanol–water partition coefficient (Wildman–Crippen LogP) is 6.29. The molecule has 4 aromatic heterocycles. The molecule has 5 heterocycles. The van der Waals surface area contributed by atoms with Gasteiger partial charge in [-0.05, 0) is 66.0 Å². The molecule has 1 fully saturated rings. The van der Waals surface area contributed by atoms with Gasteiger partial charge in [0.1, 0.15) is 29.4 Å². The molecule has 1 aliphatic heterocycles. The Labute approximate surface area is 273 Å². The van der Waals surface area contributed by atoms with Crippen LogP contribution in [0.2, 0.25) is 23.2 Å². The van der Waals surface area contributed by atoms with E-state index in [9.17, 15) is 4.79 Å². The molecule has 47 heavy (non-hydrogen) atoms. The van der Waals surface area contributed by atoms with Crippen molar-refractivity contribution in [1.82, 2.24) is 44.7 Å². The van der Waals surface area contributed by atoms with Crippen LogP contribution >= 0.6 is 11.6 Å². The quantitative estimate of drug-likeness (QED) is 0.199. The number of pyridine rings is 1. The van der Waals surface area contributed by atoms with Crippen LogP contribution < -0.4 is 5.56 Å². The second kappa shape index (κ2) is 10.9. The van der Waals surface area contributed by atoms with Crippen molar-refractivity contribution in [3.63, 3.8) is 0 Å². The Morgan fingerprint density at radius 1 is 1.13 bits per heavy atom. The lowest BCUT2D eigenvalue weighted by Crippen LogP contribution is -2.40. The Bertz CT molecular complexity index is 2090. The largest absolute Gasteiger partial charge is 0.411 e. The Morgan fingerprint density at radius 3 is 2.57 bits per heavy atom. The zero-order valence-electron chi connectivity index (χ0n) is 26.3. The standard InChI is InChI=1S/C31H31ClF3N9O2Si/c1-30(2,3)47(4,5)46-14-19-24(33)16(8-11-36-19)26-27(35)40-28(39-26)21-13-31(9-10-31)29-38-18(12-22(45)44(21)29)23-20(43-15-37-41-42-43)7-6-17(32)25(23)34/h6-8,11-12,15,21H,9-10,13-14H2,1-5H3,(H,39,40). The summed E-state index contributed by atoms with van der Waals surface area (Å²) in [5.41, 5.74) is -0.922. The number of rotatable bonds is 7. The second-order valence-corrected chi connectivity index (χ2v) is 18.9. The lowest BCUT2D eigenvalue weighted by Gasteiger charge is -2.36. The first-order valence-electron chi connectivity index (χ1n) is 15.1. The van der Waals surface area contributed by atoms with Crippen LogP contribution in [0.15, 0.2) is 41.6 Å². The number of H-pyrrole nitrogens is 1. The molecule has 7 rings (SSSR count). The minimum atomic E-state index is -2.21. The van der Waals surface area contributed by atoms with Crippen molar-refractivity contribution < 1.29 is 17.6 Å². The van der Waals surface area contributed by atoms with Gasteiger partial charge in [-0.1, -0.05) is 32.4 Å². The highest BCUT2D eigenvalue weighted by atomic mass is 35.5. The van der Waals surface area contributed by atoms with E-state index in [4.69, 9.17) is 21.0 Å². The molecule has 0 radical (unpaired) electrons. The average molecular weight is 682 g/mol. The third kappa shape index (κ3) is 5.20. The first-order valence-corrected chi connectivity index (χ1v) is 18.4. The van der Waals surface area contributed by atoms with Crippen molar-refractivity contribution in [3.05, 3.63) is 87.1 Å². The molecule has 1 unspecified atom stereocenters. The summed E-state index contributed by atoms with van der Waals surface area (Å²) in [4.78, 5) is 29.9. The van der Waals surface area contributed by atoms with Crippen molar-refractivity contribution in [2.45, 2.75) is 76.2 Å². The zero-order chi connectivity index (χ0) is 33.5. The summed E-state index contributed by atoms with van der Waals surface area (Å²) in [6, 6.07) is 4.77. The van der Waals surface area contributed by atoms with Gasteiger partial charge in [-0.15, -0.1) is 5.10 Å². The number of nitrogens with one attached hydrogen (secondary N) is 1.